The van der Waals surface area contributed by atoms with Crippen molar-refractivity contribution in [1.82, 2.24) is 24.7 Å². The molecule has 3 heterocycles. The van der Waals surface area contributed by atoms with Crippen LogP contribution in [-0.4, -0.2) is 44.9 Å². The van der Waals surface area contributed by atoms with Crippen LogP contribution in [0.3, 0.4) is 0 Å². The second-order valence-electron chi connectivity index (χ2n) is 4.87. The molecular formula is C13H19N7O. The Hall–Kier alpha value is -2.38. The highest BCUT2D eigenvalue weighted by atomic mass is 16.5. The fraction of sp³-hybridized carbons (Fsp3) is 0.538. The number of nitrogens with one attached hydrogen (secondary N) is 1. The van der Waals surface area contributed by atoms with Gasteiger partial charge in [-0.1, -0.05) is 6.92 Å². The molecule has 0 aromatic carbocycles. The maximum absolute atomic E-state index is 5.52. The highest BCUT2D eigenvalue weighted by Gasteiger charge is 2.23. The molecule has 0 spiro atoms. The van der Waals surface area contributed by atoms with Gasteiger partial charge in [0, 0.05) is 19.6 Å². The first-order chi connectivity index (χ1) is 10.3. The number of methoxy groups -OCH3 is 1. The summed E-state index contributed by atoms with van der Waals surface area (Å²) >= 11 is 0. The third-order valence-corrected chi connectivity index (χ3v) is 3.47. The molecule has 0 fully saturated rings. The van der Waals surface area contributed by atoms with Crippen LogP contribution in [0, 0.1) is 0 Å². The summed E-state index contributed by atoms with van der Waals surface area (Å²) in [5, 5.41) is 11.3. The van der Waals surface area contributed by atoms with Crippen molar-refractivity contribution in [2.24, 2.45) is 0 Å². The zero-order chi connectivity index (χ0) is 14.7. The molecule has 1 aliphatic rings. The minimum atomic E-state index is 0.667. The molecule has 0 atom stereocenters. The first-order valence-corrected chi connectivity index (χ1v) is 7.08. The predicted molar refractivity (Wildman–Crippen MR) is 78.4 cm³/mol. The molecule has 0 unspecified atom stereocenters. The van der Waals surface area contributed by atoms with Crippen LogP contribution in [0.15, 0.2) is 12.7 Å². The molecule has 0 saturated heterocycles. The van der Waals surface area contributed by atoms with E-state index in [1.165, 1.54) is 0 Å². The quantitative estimate of drug-likeness (QED) is 0.876. The Bertz CT molecular complexity index is 612. The van der Waals surface area contributed by atoms with Crippen LogP contribution >= 0.6 is 0 Å². The standard InChI is InChI=1S/C13H19N7O/c1-3-4-14-12-11(21-2)13(16-8-15-12)19-5-6-20-9-17-18-10(20)7-19/h8-9H,3-7H2,1-2H3,(H,14,15,16). The van der Waals surface area contributed by atoms with Gasteiger partial charge in [0.25, 0.3) is 0 Å². The van der Waals surface area contributed by atoms with E-state index in [2.05, 4.69) is 41.9 Å². The topological polar surface area (TPSA) is 81.0 Å². The molecule has 8 nitrogen and oxygen atoms in total. The van der Waals surface area contributed by atoms with Gasteiger partial charge in [-0.15, -0.1) is 10.2 Å². The lowest BCUT2D eigenvalue weighted by molar-refractivity contribution is 0.409. The van der Waals surface area contributed by atoms with Crippen LogP contribution in [0.5, 0.6) is 5.75 Å². The van der Waals surface area contributed by atoms with E-state index in [1.54, 1.807) is 19.8 Å². The number of nitrogens with zero attached hydrogens (tertiary/aromatic N) is 6. The van der Waals surface area contributed by atoms with Gasteiger partial charge < -0.3 is 19.5 Å². The van der Waals surface area contributed by atoms with Crippen molar-refractivity contribution >= 4 is 11.6 Å². The molecule has 112 valence electrons. The second kappa shape index (κ2) is 5.94. The van der Waals surface area contributed by atoms with E-state index in [-0.39, 0.29) is 0 Å². The van der Waals surface area contributed by atoms with Crippen LogP contribution in [0.4, 0.5) is 11.6 Å². The average molecular weight is 289 g/mol. The zero-order valence-electron chi connectivity index (χ0n) is 12.3. The normalized spacial score (nSPS) is 13.9. The zero-order valence-corrected chi connectivity index (χ0v) is 12.3. The SMILES string of the molecule is CCCNc1ncnc(N2CCn3cnnc3C2)c1OC. The number of hydrogen-bond donors (Lipinski definition) is 1. The molecule has 0 radical (unpaired) electrons. The molecule has 2 aromatic heterocycles. The van der Waals surface area contributed by atoms with Crippen LogP contribution in [0.2, 0.25) is 0 Å². The number of rotatable bonds is 5. The summed E-state index contributed by atoms with van der Waals surface area (Å²) in [7, 11) is 1.64. The third kappa shape index (κ3) is 2.61. The first-order valence-electron chi connectivity index (χ1n) is 7.08. The van der Waals surface area contributed by atoms with Gasteiger partial charge in [0.1, 0.15) is 12.7 Å². The second-order valence-corrected chi connectivity index (χ2v) is 4.87. The number of fused-ring (bicyclic) bond motifs is 1. The fourth-order valence-corrected chi connectivity index (χ4v) is 2.39. The van der Waals surface area contributed by atoms with Gasteiger partial charge in [0.15, 0.2) is 17.5 Å². The number of aromatic nitrogens is 5. The van der Waals surface area contributed by atoms with Crippen LogP contribution in [0.1, 0.15) is 19.2 Å². The molecule has 0 amide bonds. The molecule has 3 rings (SSSR count). The Morgan fingerprint density at radius 2 is 2.24 bits per heavy atom. The number of anilines is 2. The largest absolute Gasteiger partial charge is 0.490 e. The summed E-state index contributed by atoms with van der Waals surface area (Å²) in [6, 6.07) is 0. The van der Waals surface area contributed by atoms with Crippen molar-refractivity contribution in [3.63, 3.8) is 0 Å². The fourth-order valence-electron chi connectivity index (χ4n) is 2.39. The van der Waals surface area contributed by atoms with Crippen molar-refractivity contribution in [3.05, 3.63) is 18.5 Å². The molecule has 1 aliphatic heterocycles. The van der Waals surface area contributed by atoms with Crippen LogP contribution < -0.4 is 15.0 Å². The smallest absolute Gasteiger partial charge is 0.204 e. The van der Waals surface area contributed by atoms with E-state index in [9.17, 15) is 0 Å². The summed E-state index contributed by atoms with van der Waals surface area (Å²) in [6.45, 7) is 5.31. The molecule has 0 saturated carbocycles. The van der Waals surface area contributed by atoms with Crippen molar-refractivity contribution < 1.29 is 4.74 Å². The van der Waals surface area contributed by atoms with E-state index in [0.717, 1.165) is 43.5 Å². The van der Waals surface area contributed by atoms with Crippen LogP contribution in [-0.2, 0) is 13.1 Å². The van der Waals surface area contributed by atoms with E-state index < -0.39 is 0 Å². The number of ether oxygens (including phenoxy) is 1. The van der Waals surface area contributed by atoms with E-state index in [1.807, 2.05) is 0 Å². The van der Waals surface area contributed by atoms with Crippen molar-refractivity contribution in [1.29, 1.82) is 0 Å². The van der Waals surface area contributed by atoms with Gasteiger partial charge in [0.2, 0.25) is 5.75 Å². The summed E-state index contributed by atoms with van der Waals surface area (Å²) in [5.74, 6) is 3.14. The summed E-state index contributed by atoms with van der Waals surface area (Å²) < 4.78 is 7.58. The van der Waals surface area contributed by atoms with Gasteiger partial charge in [-0.3, -0.25) is 0 Å². The van der Waals surface area contributed by atoms with Gasteiger partial charge in [-0.05, 0) is 6.42 Å². The monoisotopic (exact) mass is 289 g/mol. The van der Waals surface area contributed by atoms with E-state index >= 15 is 0 Å². The highest BCUT2D eigenvalue weighted by Crippen LogP contribution is 2.33. The molecule has 8 heteroatoms. The first kappa shape index (κ1) is 13.6. The van der Waals surface area contributed by atoms with Gasteiger partial charge in [-0.2, -0.15) is 0 Å². The average Bonchev–Trinajstić information content (AvgIpc) is 2.99. The summed E-state index contributed by atoms with van der Waals surface area (Å²) in [4.78, 5) is 10.8. The lowest BCUT2D eigenvalue weighted by Crippen LogP contribution is -2.34. The molecule has 0 bridgehead atoms. The Balaban J connectivity index is 1.88. The molecule has 0 aliphatic carbocycles. The van der Waals surface area contributed by atoms with Gasteiger partial charge in [-0.25, -0.2) is 9.97 Å². The summed E-state index contributed by atoms with van der Waals surface area (Å²) in [5.41, 5.74) is 0. The van der Waals surface area contributed by atoms with E-state index in [4.69, 9.17) is 4.74 Å². The lowest BCUT2D eigenvalue weighted by Gasteiger charge is -2.29. The summed E-state index contributed by atoms with van der Waals surface area (Å²) in [6.07, 6.45) is 4.35. The van der Waals surface area contributed by atoms with E-state index in [0.29, 0.717) is 12.3 Å². The highest BCUT2D eigenvalue weighted by molar-refractivity contribution is 5.64. The Morgan fingerprint density at radius 3 is 3.05 bits per heavy atom. The van der Waals surface area contributed by atoms with Gasteiger partial charge in [0.05, 0.1) is 13.7 Å². The number of hydrogen-bond acceptors (Lipinski definition) is 7. The lowest BCUT2D eigenvalue weighted by atomic mass is 10.3. The Labute approximate surface area is 123 Å². The maximum atomic E-state index is 5.52. The van der Waals surface area contributed by atoms with Crippen molar-refractivity contribution in [2.45, 2.75) is 26.4 Å². The predicted octanol–water partition coefficient (Wildman–Crippen LogP) is 0.919. The van der Waals surface area contributed by atoms with Gasteiger partial charge >= 0.3 is 0 Å². The molecule has 1 N–H and O–H groups in total. The minimum Gasteiger partial charge on any atom is -0.490 e. The molecule has 2 aromatic rings. The van der Waals surface area contributed by atoms with Crippen LogP contribution in [0.25, 0.3) is 0 Å². The Morgan fingerprint density at radius 1 is 1.33 bits per heavy atom. The van der Waals surface area contributed by atoms with Crippen molar-refractivity contribution in [2.75, 3.05) is 30.4 Å². The third-order valence-electron chi connectivity index (χ3n) is 3.47. The molecular weight excluding hydrogens is 270 g/mol. The minimum absolute atomic E-state index is 0.667. The Kier molecular flexibility index (Phi) is 3.85. The van der Waals surface area contributed by atoms with Crippen molar-refractivity contribution in [3.8, 4) is 5.75 Å². The molecule has 21 heavy (non-hydrogen) atoms. The maximum Gasteiger partial charge on any atom is 0.204 e.